The van der Waals surface area contributed by atoms with Crippen LogP contribution in [0.4, 0.5) is 5.69 Å². The summed E-state index contributed by atoms with van der Waals surface area (Å²) in [5.74, 6) is 0.0159. The number of pyridine rings is 1. The third-order valence-corrected chi connectivity index (χ3v) is 4.86. The van der Waals surface area contributed by atoms with Crippen LogP contribution in [-0.4, -0.2) is 16.4 Å². The van der Waals surface area contributed by atoms with E-state index in [1.807, 2.05) is 66.1 Å². The van der Waals surface area contributed by atoms with Gasteiger partial charge in [0.25, 0.3) is 0 Å². The summed E-state index contributed by atoms with van der Waals surface area (Å²) in [4.78, 5) is 17.6. The third-order valence-electron chi connectivity index (χ3n) is 4.03. The molecule has 0 unspecified atom stereocenters. The number of allylic oxidation sites excluding steroid dienone is 2. The standard InChI is InChI=1S/C22H21N3OS/c1-4-12-23-20(5-2)19-15-21(16(3)26)25-13-11-18(14-22(19)25)27-24-17-9-7-6-8-10-17/h4-15,24H,1H2,2-3H3/b20-5-,23-12?. The number of carbonyl (C=O) groups is 1. The lowest BCUT2D eigenvalue weighted by atomic mass is 10.1. The predicted octanol–water partition coefficient (Wildman–Crippen LogP) is 5.88. The van der Waals surface area contributed by atoms with Crippen molar-refractivity contribution in [1.29, 1.82) is 0 Å². The van der Waals surface area contributed by atoms with E-state index in [2.05, 4.69) is 22.4 Å². The summed E-state index contributed by atoms with van der Waals surface area (Å²) in [6, 6.07) is 16.0. The maximum atomic E-state index is 12.1. The molecule has 0 saturated carbocycles. The summed E-state index contributed by atoms with van der Waals surface area (Å²) < 4.78 is 5.25. The number of anilines is 1. The number of nitrogens with one attached hydrogen (secondary N) is 1. The molecule has 2 aromatic heterocycles. The number of fused-ring (bicyclic) bond motifs is 1. The average molecular weight is 375 g/mol. The molecule has 0 radical (unpaired) electrons. The molecule has 2 heterocycles. The van der Waals surface area contributed by atoms with Gasteiger partial charge in [0.05, 0.1) is 16.9 Å². The Labute approximate surface area is 163 Å². The van der Waals surface area contributed by atoms with Gasteiger partial charge in [-0.3, -0.25) is 9.79 Å². The van der Waals surface area contributed by atoms with Gasteiger partial charge in [0.2, 0.25) is 0 Å². The van der Waals surface area contributed by atoms with E-state index in [1.54, 1.807) is 19.2 Å². The molecule has 0 aliphatic heterocycles. The van der Waals surface area contributed by atoms with E-state index in [0.29, 0.717) is 5.69 Å². The molecule has 27 heavy (non-hydrogen) atoms. The number of benzene rings is 1. The molecule has 0 atom stereocenters. The van der Waals surface area contributed by atoms with Crippen LogP contribution in [0, 0.1) is 0 Å². The molecule has 0 saturated heterocycles. The predicted molar refractivity (Wildman–Crippen MR) is 116 cm³/mol. The van der Waals surface area contributed by atoms with E-state index < -0.39 is 0 Å². The maximum absolute atomic E-state index is 12.1. The molecule has 1 N–H and O–H groups in total. The molecule has 0 aliphatic rings. The quantitative estimate of drug-likeness (QED) is 0.319. The van der Waals surface area contributed by atoms with Crippen LogP contribution in [0.15, 0.2) is 83.3 Å². The topological polar surface area (TPSA) is 45.9 Å². The number of aromatic nitrogens is 1. The van der Waals surface area contributed by atoms with Crippen LogP contribution in [-0.2, 0) is 0 Å². The lowest BCUT2D eigenvalue weighted by Gasteiger charge is -2.07. The molecule has 3 rings (SSSR count). The molecule has 3 aromatic rings. The highest BCUT2D eigenvalue weighted by Crippen LogP contribution is 2.29. The molecule has 0 aliphatic carbocycles. The Morgan fingerprint density at radius 2 is 2.00 bits per heavy atom. The van der Waals surface area contributed by atoms with Crippen molar-refractivity contribution in [1.82, 2.24) is 4.40 Å². The fourth-order valence-electron chi connectivity index (χ4n) is 2.78. The highest BCUT2D eigenvalue weighted by Gasteiger charge is 2.15. The van der Waals surface area contributed by atoms with Crippen molar-refractivity contribution in [3.63, 3.8) is 0 Å². The van der Waals surface area contributed by atoms with Gasteiger partial charge in [-0.25, -0.2) is 0 Å². The minimum atomic E-state index is 0.0159. The fourth-order valence-corrected chi connectivity index (χ4v) is 3.45. The highest BCUT2D eigenvalue weighted by atomic mass is 32.2. The molecule has 0 amide bonds. The van der Waals surface area contributed by atoms with Gasteiger partial charge in [0, 0.05) is 35.5 Å². The van der Waals surface area contributed by atoms with Gasteiger partial charge in [-0.05, 0) is 49.2 Å². The third kappa shape index (κ3) is 4.20. The molecule has 0 spiro atoms. The van der Waals surface area contributed by atoms with Crippen LogP contribution < -0.4 is 4.72 Å². The van der Waals surface area contributed by atoms with Gasteiger partial charge in [-0.1, -0.05) is 36.9 Å². The Kier molecular flexibility index (Phi) is 5.94. The first-order chi connectivity index (χ1) is 13.1. The molecular formula is C22H21N3OS. The largest absolute Gasteiger partial charge is 0.326 e. The summed E-state index contributed by atoms with van der Waals surface area (Å²) in [6.45, 7) is 7.19. The lowest BCUT2D eigenvalue weighted by molar-refractivity contribution is 0.101. The first-order valence-electron chi connectivity index (χ1n) is 8.59. The molecule has 136 valence electrons. The van der Waals surface area contributed by atoms with Crippen molar-refractivity contribution in [2.75, 3.05) is 4.72 Å². The minimum absolute atomic E-state index is 0.0159. The molecule has 1 aromatic carbocycles. The molecule has 4 nitrogen and oxygen atoms in total. The van der Waals surface area contributed by atoms with Crippen LogP contribution in [0.5, 0.6) is 0 Å². The summed E-state index contributed by atoms with van der Waals surface area (Å²) in [7, 11) is 0. The van der Waals surface area contributed by atoms with E-state index in [9.17, 15) is 4.79 Å². The molecule has 5 heteroatoms. The van der Waals surface area contributed by atoms with Crippen molar-refractivity contribution in [2.45, 2.75) is 18.7 Å². The van der Waals surface area contributed by atoms with Crippen molar-refractivity contribution < 1.29 is 4.79 Å². The number of aliphatic imine (C=N–C) groups is 1. The number of hydrogen-bond acceptors (Lipinski definition) is 4. The maximum Gasteiger partial charge on any atom is 0.176 e. The second-order valence-electron chi connectivity index (χ2n) is 5.88. The van der Waals surface area contributed by atoms with Crippen LogP contribution in [0.2, 0.25) is 0 Å². The van der Waals surface area contributed by atoms with Gasteiger partial charge in [0.15, 0.2) is 5.78 Å². The number of hydrogen-bond donors (Lipinski definition) is 1. The van der Waals surface area contributed by atoms with Crippen molar-refractivity contribution in [2.24, 2.45) is 4.99 Å². The fraction of sp³-hybridized carbons (Fsp3) is 0.0909. The van der Waals surface area contributed by atoms with Crippen LogP contribution in [0.1, 0.15) is 29.9 Å². The van der Waals surface area contributed by atoms with E-state index in [1.165, 1.54) is 11.9 Å². The normalized spacial score (nSPS) is 11.9. The molecule has 0 bridgehead atoms. The second kappa shape index (κ2) is 8.56. The Hall–Kier alpha value is -3.05. The van der Waals surface area contributed by atoms with Crippen LogP contribution >= 0.6 is 11.9 Å². The average Bonchev–Trinajstić information content (AvgIpc) is 3.07. The lowest BCUT2D eigenvalue weighted by Crippen LogP contribution is -1.98. The number of rotatable bonds is 7. The van der Waals surface area contributed by atoms with E-state index in [0.717, 1.165) is 27.4 Å². The first-order valence-corrected chi connectivity index (χ1v) is 9.41. The Bertz CT molecular complexity index is 1030. The van der Waals surface area contributed by atoms with Crippen molar-refractivity contribution in [3.05, 3.63) is 84.7 Å². The van der Waals surface area contributed by atoms with Crippen molar-refractivity contribution in [3.8, 4) is 0 Å². The monoisotopic (exact) mass is 375 g/mol. The van der Waals surface area contributed by atoms with Gasteiger partial charge >= 0.3 is 0 Å². The van der Waals surface area contributed by atoms with Crippen LogP contribution in [0.3, 0.4) is 0 Å². The molecular weight excluding hydrogens is 354 g/mol. The van der Waals surface area contributed by atoms with E-state index >= 15 is 0 Å². The zero-order valence-electron chi connectivity index (χ0n) is 15.3. The number of nitrogens with zero attached hydrogens (tertiary/aromatic N) is 2. The highest BCUT2D eigenvalue weighted by molar-refractivity contribution is 8.00. The summed E-state index contributed by atoms with van der Waals surface area (Å²) in [5.41, 5.74) is 4.34. The van der Waals surface area contributed by atoms with Gasteiger partial charge in [-0.2, -0.15) is 0 Å². The van der Waals surface area contributed by atoms with Gasteiger partial charge in [0.1, 0.15) is 0 Å². The SMILES string of the molecule is C=CC=N/C(=C\C)c1cc(C(C)=O)n2ccc(SNc3ccccc3)cc12. The number of ketones is 1. The Morgan fingerprint density at radius 1 is 1.22 bits per heavy atom. The minimum Gasteiger partial charge on any atom is -0.326 e. The summed E-state index contributed by atoms with van der Waals surface area (Å²) in [6.07, 6.45) is 7.15. The second-order valence-corrected chi connectivity index (χ2v) is 6.75. The number of para-hydroxylation sites is 1. The Balaban J connectivity index is 2.02. The Morgan fingerprint density at radius 3 is 2.67 bits per heavy atom. The van der Waals surface area contributed by atoms with E-state index in [4.69, 9.17) is 0 Å². The van der Waals surface area contributed by atoms with Gasteiger partial charge < -0.3 is 9.12 Å². The zero-order valence-corrected chi connectivity index (χ0v) is 16.2. The molecule has 0 fully saturated rings. The zero-order chi connectivity index (χ0) is 19.2. The number of carbonyl (C=O) groups excluding carboxylic acids is 1. The van der Waals surface area contributed by atoms with Crippen LogP contribution in [0.25, 0.3) is 11.2 Å². The van der Waals surface area contributed by atoms with Crippen molar-refractivity contribution >= 4 is 40.8 Å². The van der Waals surface area contributed by atoms with E-state index in [-0.39, 0.29) is 5.78 Å². The smallest absolute Gasteiger partial charge is 0.176 e. The summed E-state index contributed by atoms with van der Waals surface area (Å²) in [5, 5.41) is 0. The van der Waals surface area contributed by atoms with Gasteiger partial charge in [-0.15, -0.1) is 0 Å². The first kappa shape index (κ1) is 18.7. The number of Topliss-reactive ketones (excluding diaryl/α,β-unsaturated/α-hetero) is 1. The summed E-state index contributed by atoms with van der Waals surface area (Å²) >= 11 is 1.53.